The first-order chi connectivity index (χ1) is 12.5. The number of ether oxygens (including phenoxy) is 1. The summed E-state index contributed by atoms with van der Waals surface area (Å²) in [5.74, 6) is -3.60. The Morgan fingerprint density at radius 1 is 0.962 bits per heavy atom. The van der Waals surface area contributed by atoms with Gasteiger partial charge in [0.15, 0.2) is 6.61 Å². The Labute approximate surface area is 147 Å². The minimum Gasteiger partial charge on any atom is -0.452 e. The molecule has 2 aromatic rings. The molecular formula is C18H14F2N2O4. The summed E-state index contributed by atoms with van der Waals surface area (Å²) in [5.41, 5.74) is 4.33. The van der Waals surface area contributed by atoms with Gasteiger partial charge in [0.05, 0.1) is 5.56 Å². The Balaban J connectivity index is 1.74. The molecule has 0 radical (unpaired) electrons. The molecule has 2 amide bonds. The molecule has 134 valence electrons. The van der Waals surface area contributed by atoms with E-state index in [0.29, 0.717) is 5.56 Å². The summed E-state index contributed by atoms with van der Waals surface area (Å²) in [4.78, 5) is 34.7. The predicted molar refractivity (Wildman–Crippen MR) is 88.4 cm³/mol. The molecule has 2 N–H and O–H groups in total. The highest BCUT2D eigenvalue weighted by atomic mass is 19.1. The largest absolute Gasteiger partial charge is 0.452 e. The number of hydrogen-bond acceptors (Lipinski definition) is 4. The lowest BCUT2D eigenvalue weighted by Gasteiger charge is -2.07. The molecule has 0 atom stereocenters. The predicted octanol–water partition coefficient (Wildman–Crippen LogP) is 1.98. The fourth-order valence-corrected chi connectivity index (χ4v) is 1.80. The minimum atomic E-state index is -0.848. The van der Waals surface area contributed by atoms with Crippen LogP contribution in [0, 0.1) is 11.6 Å². The van der Waals surface area contributed by atoms with Crippen molar-refractivity contribution < 1.29 is 27.9 Å². The van der Waals surface area contributed by atoms with Crippen LogP contribution >= 0.6 is 0 Å². The summed E-state index contributed by atoms with van der Waals surface area (Å²) in [6.45, 7) is -0.649. The summed E-state index contributed by atoms with van der Waals surface area (Å²) in [5, 5.41) is 0. The molecule has 0 saturated carbocycles. The topological polar surface area (TPSA) is 84.5 Å². The minimum absolute atomic E-state index is 0.243. The Kier molecular flexibility index (Phi) is 6.55. The number of benzene rings is 2. The first-order valence-corrected chi connectivity index (χ1v) is 7.40. The molecule has 26 heavy (non-hydrogen) atoms. The lowest BCUT2D eigenvalue weighted by Crippen LogP contribution is -2.43. The molecule has 0 spiro atoms. The lowest BCUT2D eigenvalue weighted by molar-refractivity contribution is -0.144. The molecular weight excluding hydrogens is 346 g/mol. The Morgan fingerprint density at radius 3 is 2.35 bits per heavy atom. The fraction of sp³-hybridized carbons (Fsp3) is 0.0556. The number of carbonyl (C=O) groups is 3. The summed E-state index contributed by atoms with van der Waals surface area (Å²) in [6, 6.07) is 10.6. The Morgan fingerprint density at radius 2 is 1.65 bits per heavy atom. The van der Waals surface area contributed by atoms with E-state index in [1.165, 1.54) is 48.5 Å². The average molecular weight is 360 g/mol. The van der Waals surface area contributed by atoms with E-state index >= 15 is 0 Å². The highest BCUT2D eigenvalue weighted by Gasteiger charge is 2.12. The standard InChI is InChI=1S/C18H14F2N2O4/c19-13-8-5-12(6-9-13)7-10-17(24)26-11-16(23)21-22-18(25)14-3-1-2-4-15(14)20/h1-10H,11H2,(H,21,23)(H,22,25)/b10-7+. The van der Waals surface area contributed by atoms with Crippen molar-refractivity contribution in [1.82, 2.24) is 10.9 Å². The van der Waals surface area contributed by atoms with E-state index in [-0.39, 0.29) is 5.56 Å². The van der Waals surface area contributed by atoms with Crippen molar-refractivity contribution in [2.75, 3.05) is 6.61 Å². The number of hydrazine groups is 1. The second-order valence-electron chi connectivity index (χ2n) is 4.97. The maximum Gasteiger partial charge on any atom is 0.331 e. The van der Waals surface area contributed by atoms with Gasteiger partial charge < -0.3 is 4.74 Å². The second-order valence-corrected chi connectivity index (χ2v) is 4.97. The van der Waals surface area contributed by atoms with E-state index in [1.54, 1.807) is 0 Å². The third-order valence-corrected chi connectivity index (χ3v) is 3.06. The van der Waals surface area contributed by atoms with Crippen molar-refractivity contribution in [2.24, 2.45) is 0 Å². The zero-order valence-electron chi connectivity index (χ0n) is 13.4. The molecule has 0 aliphatic rings. The van der Waals surface area contributed by atoms with E-state index in [4.69, 9.17) is 0 Å². The number of amides is 2. The highest BCUT2D eigenvalue weighted by Crippen LogP contribution is 2.05. The Bertz CT molecular complexity index is 835. The molecule has 0 saturated heterocycles. The molecule has 2 aromatic carbocycles. The van der Waals surface area contributed by atoms with Crippen LogP contribution in [-0.4, -0.2) is 24.4 Å². The van der Waals surface area contributed by atoms with Crippen molar-refractivity contribution in [3.63, 3.8) is 0 Å². The van der Waals surface area contributed by atoms with Gasteiger partial charge in [-0.15, -0.1) is 0 Å². The van der Waals surface area contributed by atoms with E-state index in [2.05, 4.69) is 4.74 Å². The van der Waals surface area contributed by atoms with E-state index in [1.807, 2.05) is 10.9 Å². The van der Waals surface area contributed by atoms with Gasteiger partial charge in [-0.2, -0.15) is 0 Å². The maximum atomic E-state index is 13.4. The van der Waals surface area contributed by atoms with Crippen LogP contribution < -0.4 is 10.9 Å². The van der Waals surface area contributed by atoms with Gasteiger partial charge in [-0.3, -0.25) is 20.4 Å². The van der Waals surface area contributed by atoms with Crippen LogP contribution in [0.15, 0.2) is 54.6 Å². The molecule has 0 bridgehead atoms. The van der Waals surface area contributed by atoms with Crippen molar-refractivity contribution >= 4 is 23.9 Å². The van der Waals surface area contributed by atoms with Gasteiger partial charge in [0.2, 0.25) is 0 Å². The average Bonchev–Trinajstić information content (AvgIpc) is 2.64. The van der Waals surface area contributed by atoms with Crippen LogP contribution in [0.3, 0.4) is 0 Å². The van der Waals surface area contributed by atoms with Crippen LogP contribution in [0.5, 0.6) is 0 Å². The van der Waals surface area contributed by atoms with Gasteiger partial charge in [-0.1, -0.05) is 24.3 Å². The van der Waals surface area contributed by atoms with Crippen LogP contribution in [-0.2, 0) is 14.3 Å². The molecule has 0 aromatic heterocycles. The number of halogens is 2. The Hall–Kier alpha value is -3.55. The van der Waals surface area contributed by atoms with Crippen molar-refractivity contribution in [1.29, 1.82) is 0 Å². The van der Waals surface area contributed by atoms with Crippen molar-refractivity contribution in [3.05, 3.63) is 77.4 Å². The monoisotopic (exact) mass is 360 g/mol. The molecule has 0 aliphatic heterocycles. The van der Waals surface area contributed by atoms with E-state index < -0.39 is 36.0 Å². The van der Waals surface area contributed by atoms with Crippen LogP contribution in [0.4, 0.5) is 8.78 Å². The molecule has 0 aliphatic carbocycles. The number of carbonyl (C=O) groups excluding carboxylic acids is 3. The smallest absolute Gasteiger partial charge is 0.331 e. The maximum absolute atomic E-state index is 13.4. The first-order valence-electron chi connectivity index (χ1n) is 7.40. The summed E-state index contributed by atoms with van der Waals surface area (Å²) < 4.78 is 30.8. The number of nitrogens with one attached hydrogen (secondary N) is 2. The van der Waals surface area contributed by atoms with Gasteiger partial charge in [-0.25, -0.2) is 13.6 Å². The summed E-state index contributed by atoms with van der Waals surface area (Å²) >= 11 is 0. The highest BCUT2D eigenvalue weighted by molar-refractivity contribution is 5.96. The van der Waals surface area contributed by atoms with Crippen LogP contribution in [0.1, 0.15) is 15.9 Å². The number of esters is 1. The van der Waals surface area contributed by atoms with Crippen molar-refractivity contribution in [3.8, 4) is 0 Å². The van der Waals surface area contributed by atoms with Crippen molar-refractivity contribution in [2.45, 2.75) is 0 Å². The zero-order chi connectivity index (χ0) is 18.9. The van der Waals surface area contributed by atoms with Crippen LogP contribution in [0.25, 0.3) is 6.08 Å². The summed E-state index contributed by atoms with van der Waals surface area (Å²) in [6.07, 6.45) is 2.46. The molecule has 0 heterocycles. The van der Waals surface area contributed by atoms with Gasteiger partial charge in [0, 0.05) is 6.08 Å². The number of rotatable bonds is 5. The molecule has 8 heteroatoms. The normalized spacial score (nSPS) is 10.4. The third-order valence-electron chi connectivity index (χ3n) is 3.06. The van der Waals surface area contributed by atoms with Gasteiger partial charge >= 0.3 is 5.97 Å². The van der Waals surface area contributed by atoms with Gasteiger partial charge in [-0.05, 0) is 35.9 Å². The van der Waals surface area contributed by atoms with E-state index in [9.17, 15) is 23.2 Å². The number of hydrogen-bond donors (Lipinski definition) is 2. The zero-order valence-corrected chi connectivity index (χ0v) is 13.4. The van der Waals surface area contributed by atoms with Gasteiger partial charge in [0.1, 0.15) is 11.6 Å². The SMILES string of the molecule is O=C(COC(=O)/C=C/c1ccc(F)cc1)NNC(=O)c1ccccc1F. The molecule has 2 rings (SSSR count). The van der Waals surface area contributed by atoms with E-state index in [0.717, 1.165) is 12.1 Å². The fourth-order valence-electron chi connectivity index (χ4n) is 1.80. The van der Waals surface area contributed by atoms with Crippen LogP contribution in [0.2, 0.25) is 0 Å². The lowest BCUT2D eigenvalue weighted by atomic mass is 10.2. The quantitative estimate of drug-likeness (QED) is 0.485. The van der Waals surface area contributed by atoms with Gasteiger partial charge in [0.25, 0.3) is 11.8 Å². The molecule has 0 fully saturated rings. The molecule has 0 unspecified atom stereocenters. The summed E-state index contributed by atoms with van der Waals surface area (Å²) in [7, 11) is 0. The second kappa shape index (κ2) is 9.07. The third kappa shape index (κ3) is 5.82. The first kappa shape index (κ1) is 18.8. The molecule has 6 nitrogen and oxygen atoms in total.